The highest BCUT2D eigenvalue weighted by atomic mass is 35.5. The summed E-state index contributed by atoms with van der Waals surface area (Å²) in [5, 5.41) is 19.8. The van der Waals surface area contributed by atoms with Gasteiger partial charge >= 0.3 is 6.03 Å². The lowest BCUT2D eigenvalue weighted by Gasteiger charge is -2.16. The molecular formula is C19H18Cl2N4O3. The van der Waals surface area contributed by atoms with Gasteiger partial charge in [-0.05, 0) is 42.0 Å². The van der Waals surface area contributed by atoms with Gasteiger partial charge in [-0.3, -0.25) is 0 Å². The Morgan fingerprint density at radius 2 is 1.71 bits per heavy atom. The highest BCUT2D eigenvalue weighted by Crippen LogP contribution is 2.19. The minimum atomic E-state index is -0.537. The van der Waals surface area contributed by atoms with Gasteiger partial charge in [0.05, 0.1) is 19.1 Å². The normalized spacial score (nSPS) is 11.8. The van der Waals surface area contributed by atoms with Crippen LogP contribution >= 0.6 is 23.2 Å². The summed E-state index contributed by atoms with van der Waals surface area (Å²) in [7, 11) is 0. The lowest BCUT2D eigenvalue weighted by atomic mass is 10.1. The fourth-order valence-corrected chi connectivity index (χ4v) is 2.78. The van der Waals surface area contributed by atoms with Crippen LogP contribution in [-0.2, 0) is 12.8 Å². The van der Waals surface area contributed by atoms with Gasteiger partial charge in [0.2, 0.25) is 5.89 Å². The molecule has 28 heavy (non-hydrogen) atoms. The van der Waals surface area contributed by atoms with Gasteiger partial charge in [0.15, 0.2) is 5.82 Å². The number of aromatic nitrogens is 2. The van der Waals surface area contributed by atoms with Gasteiger partial charge in [0, 0.05) is 22.2 Å². The predicted molar refractivity (Wildman–Crippen MR) is 107 cm³/mol. The number of aliphatic hydroxyl groups excluding tert-OH is 1. The van der Waals surface area contributed by atoms with Crippen LogP contribution in [0.4, 0.5) is 10.5 Å². The Morgan fingerprint density at radius 3 is 2.36 bits per heavy atom. The summed E-state index contributed by atoms with van der Waals surface area (Å²) in [4.78, 5) is 16.7. The molecule has 0 aliphatic carbocycles. The van der Waals surface area contributed by atoms with Crippen LogP contribution in [0.3, 0.4) is 0 Å². The Labute approximate surface area is 171 Å². The minimum absolute atomic E-state index is 0.103. The Morgan fingerprint density at radius 1 is 1.07 bits per heavy atom. The van der Waals surface area contributed by atoms with Gasteiger partial charge < -0.3 is 20.3 Å². The molecule has 2 amide bonds. The van der Waals surface area contributed by atoms with Crippen LogP contribution in [0.15, 0.2) is 53.1 Å². The van der Waals surface area contributed by atoms with Gasteiger partial charge in [0.25, 0.3) is 0 Å². The number of benzene rings is 2. The van der Waals surface area contributed by atoms with E-state index >= 15 is 0 Å². The number of hydrogen-bond donors (Lipinski definition) is 3. The van der Waals surface area contributed by atoms with E-state index in [0.29, 0.717) is 33.9 Å². The summed E-state index contributed by atoms with van der Waals surface area (Å²) >= 11 is 11.8. The molecule has 3 rings (SSSR count). The zero-order valence-corrected chi connectivity index (χ0v) is 16.2. The second kappa shape index (κ2) is 9.54. The van der Waals surface area contributed by atoms with E-state index in [1.165, 1.54) is 0 Å². The number of rotatable bonds is 7. The molecule has 0 unspecified atom stereocenters. The SMILES string of the molecule is O=C(Nc1ccc(Cl)cc1)N[C@@H](Cc1ccc(Cl)cc1)c1noc(CCO)n1. The van der Waals surface area contributed by atoms with Crippen molar-refractivity contribution in [3.63, 3.8) is 0 Å². The number of anilines is 1. The highest BCUT2D eigenvalue weighted by Gasteiger charge is 2.21. The summed E-state index contributed by atoms with van der Waals surface area (Å²) in [6.07, 6.45) is 0.681. The van der Waals surface area contributed by atoms with Crippen LogP contribution in [0.5, 0.6) is 0 Å². The maximum atomic E-state index is 12.5. The quantitative estimate of drug-likeness (QED) is 0.535. The average molecular weight is 421 g/mol. The van der Waals surface area contributed by atoms with Crippen molar-refractivity contribution in [3.8, 4) is 0 Å². The van der Waals surface area contributed by atoms with E-state index in [2.05, 4.69) is 20.8 Å². The summed E-state index contributed by atoms with van der Waals surface area (Å²) in [5.74, 6) is 0.628. The van der Waals surface area contributed by atoms with E-state index < -0.39 is 12.1 Å². The number of carbonyl (C=O) groups excluding carboxylic acids is 1. The first-order chi connectivity index (χ1) is 13.5. The van der Waals surface area contributed by atoms with Crippen LogP contribution < -0.4 is 10.6 Å². The fraction of sp³-hybridized carbons (Fsp3) is 0.211. The lowest BCUT2D eigenvalue weighted by Crippen LogP contribution is -2.34. The van der Waals surface area contributed by atoms with Gasteiger partial charge in [-0.1, -0.05) is 40.5 Å². The maximum absolute atomic E-state index is 12.5. The largest absolute Gasteiger partial charge is 0.396 e. The molecule has 1 aromatic heterocycles. The molecule has 9 heteroatoms. The topological polar surface area (TPSA) is 100 Å². The molecule has 1 atom stereocenters. The number of amides is 2. The number of urea groups is 1. The van der Waals surface area contributed by atoms with E-state index in [1.54, 1.807) is 36.4 Å². The van der Waals surface area contributed by atoms with Crippen LogP contribution in [0.1, 0.15) is 23.3 Å². The first-order valence-corrected chi connectivity index (χ1v) is 9.30. The molecule has 0 aliphatic heterocycles. The van der Waals surface area contributed by atoms with Gasteiger partial charge in [0.1, 0.15) is 0 Å². The third-order valence-electron chi connectivity index (χ3n) is 3.88. The van der Waals surface area contributed by atoms with Crippen molar-refractivity contribution in [1.29, 1.82) is 0 Å². The van der Waals surface area contributed by atoms with Crippen molar-refractivity contribution in [3.05, 3.63) is 75.9 Å². The monoisotopic (exact) mass is 420 g/mol. The Bertz CT molecular complexity index is 914. The zero-order chi connectivity index (χ0) is 19.9. The molecule has 0 fully saturated rings. The number of halogens is 2. The van der Waals surface area contributed by atoms with Crippen molar-refractivity contribution < 1.29 is 14.4 Å². The number of hydrogen-bond acceptors (Lipinski definition) is 5. The van der Waals surface area contributed by atoms with E-state index in [0.717, 1.165) is 5.56 Å². The van der Waals surface area contributed by atoms with Crippen molar-refractivity contribution in [2.45, 2.75) is 18.9 Å². The summed E-state index contributed by atoms with van der Waals surface area (Å²) in [6, 6.07) is 13.1. The van der Waals surface area contributed by atoms with E-state index in [1.807, 2.05) is 12.1 Å². The second-order valence-electron chi connectivity index (χ2n) is 6.01. The molecule has 0 bridgehead atoms. The van der Waals surface area contributed by atoms with Crippen LogP contribution in [0, 0.1) is 0 Å². The van der Waals surface area contributed by atoms with Crippen molar-refractivity contribution in [2.24, 2.45) is 0 Å². The predicted octanol–water partition coefficient (Wildman–Crippen LogP) is 4.02. The Kier molecular flexibility index (Phi) is 6.86. The second-order valence-corrected chi connectivity index (χ2v) is 6.88. The number of aliphatic hydroxyl groups is 1. The summed E-state index contributed by atoms with van der Waals surface area (Å²) in [6.45, 7) is -0.103. The van der Waals surface area contributed by atoms with Crippen LogP contribution in [0.2, 0.25) is 10.0 Å². The van der Waals surface area contributed by atoms with Gasteiger partial charge in [-0.15, -0.1) is 0 Å². The molecule has 3 N–H and O–H groups in total. The molecule has 7 nitrogen and oxygen atoms in total. The summed E-state index contributed by atoms with van der Waals surface area (Å²) in [5.41, 5.74) is 1.54. The van der Waals surface area contributed by atoms with Gasteiger partial charge in [-0.25, -0.2) is 4.79 Å². The number of nitrogens with one attached hydrogen (secondary N) is 2. The first-order valence-electron chi connectivity index (χ1n) is 8.54. The molecule has 2 aromatic carbocycles. The Hall–Kier alpha value is -2.61. The van der Waals surface area contributed by atoms with Crippen LogP contribution in [0.25, 0.3) is 0 Å². The minimum Gasteiger partial charge on any atom is -0.396 e. The maximum Gasteiger partial charge on any atom is 0.319 e. The third kappa shape index (κ3) is 5.69. The fourth-order valence-electron chi connectivity index (χ4n) is 2.53. The van der Waals surface area contributed by atoms with Gasteiger partial charge in [-0.2, -0.15) is 4.98 Å². The third-order valence-corrected chi connectivity index (χ3v) is 4.39. The number of nitrogens with zero attached hydrogens (tertiary/aromatic N) is 2. The number of carbonyl (C=O) groups is 1. The Balaban J connectivity index is 1.75. The van der Waals surface area contributed by atoms with Crippen LogP contribution in [-0.4, -0.2) is 27.9 Å². The molecule has 0 saturated carbocycles. The molecule has 0 spiro atoms. The molecule has 1 heterocycles. The molecule has 3 aromatic rings. The molecule has 0 aliphatic rings. The highest BCUT2D eigenvalue weighted by molar-refractivity contribution is 6.30. The van der Waals surface area contributed by atoms with Crippen molar-refractivity contribution in [2.75, 3.05) is 11.9 Å². The molecular weight excluding hydrogens is 403 g/mol. The zero-order valence-electron chi connectivity index (χ0n) is 14.7. The van der Waals surface area contributed by atoms with E-state index in [9.17, 15) is 4.79 Å². The molecule has 0 saturated heterocycles. The first kappa shape index (κ1) is 20.1. The van der Waals surface area contributed by atoms with Crippen molar-refractivity contribution in [1.82, 2.24) is 15.5 Å². The summed E-state index contributed by atoms with van der Waals surface area (Å²) < 4.78 is 5.13. The lowest BCUT2D eigenvalue weighted by molar-refractivity contribution is 0.247. The molecule has 146 valence electrons. The smallest absolute Gasteiger partial charge is 0.319 e. The van der Waals surface area contributed by atoms with Crippen molar-refractivity contribution >= 4 is 34.9 Å². The van der Waals surface area contributed by atoms with E-state index in [4.69, 9.17) is 32.8 Å². The standard InChI is InChI=1S/C19H18Cl2N4O3/c20-13-3-1-12(2-4-13)11-16(18-24-17(9-10-26)28-25-18)23-19(27)22-15-7-5-14(21)6-8-15/h1-8,16,26H,9-11H2,(H2,22,23,27)/t16-/m0/s1. The van der Waals surface area contributed by atoms with E-state index in [-0.39, 0.29) is 13.0 Å². The molecule has 0 radical (unpaired) electrons. The average Bonchev–Trinajstić information content (AvgIpc) is 3.14.